The zero-order valence-corrected chi connectivity index (χ0v) is 10.9. The average Bonchev–Trinajstić information content (AvgIpc) is 2.91. The minimum atomic E-state index is -0.463. The number of hydrogen-bond acceptors (Lipinski definition) is 3. The number of hydrogen-bond donors (Lipinski definition) is 0. The molecule has 4 heteroatoms. The minimum absolute atomic E-state index is 0.0509. The summed E-state index contributed by atoms with van der Waals surface area (Å²) in [4.78, 5) is 25.4. The molecule has 96 valence electrons. The largest absolute Gasteiger partial charge is 0.444 e. The number of ketones is 1. The fraction of sp³-hybridized carbons (Fsp3) is 0.846. The smallest absolute Gasteiger partial charge is 0.410 e. The minimum Gasteiger partial charge on any atom is -0.444 e. The summed E-state index contributed by atoms with van der Waals surface area (Å²) >= 11 is 0. The number of ether oxygens (including phenoxy) is 1. The fourth-order valence-electron chi connectivity index (χ4n) is 2.19. The number of likely N-dealkylation sites (tertiary alicyclic amines) is 1. The maximum Gasteiger partial charge on any atom is 0.410 e. The molecule has 0 unspecified atom stereocenters. The van der Waals surface area contributed by atoms with E-state index in [4.69, 9.17) is 4.74 Å². The molecule has 1 aliphatic heterocycles. The van der Waals surface area contributed by atoms with E-state index in [2.05, 4.69) is 0 Å². The Morgan fingerprint density at radius 2 is 1.76 bits per heavy atom. The zero-order valence-electron chi connectivity index (χ0n) is 10.9. The summed E-state index contributed by atoms with van der Waals surface area (Å²) in [7, 11) is 0. The van der Waals surface area contributed by atoms with E-state index < -0.39 is 5.60 Å². The van der Waals surface area contributed by atoms with Crippen LogP contribution in [0.5, 0.6) is 0 Å². The van der Waals surface area contributed by atoms with Crippen LogP contribution in [0.1, 0.15) is 40.0 Å². The van der Waals surface area contributed by atoms with Crippen molar-refractivity contribution in [3.8, 4) is 0 Å². The lowest BCUT2D eigenvalue weighted by atomic mass is 10.00. The predicted octanol–water partition coefficient (Wildman–Crippen LogP) is 2.22. The van der Waals surface area contributed by atoms with E-state index in [0.717, 1.165) is 19.3 Å². The van der Waals surface area contributed by atoms with E-state index >= 15 is 0 Å². The van der Waals surface area contributed by atoms with Gasteiger partial charge in [-0.2, -0.15) is 0 Å². The molecule has 17 heavy (non-hydrogen) atoms. The number of rotatable bonds is 2. The second kappa shape index (κ2) is 4.31. The van der Waals surface area contributed by atoms with Crippen LogP contribution in [0, 0.1) is 11.8 Å². The summed E-state index contributed by atoms with van der Waals surface area (Å²) in [6, 6.07) is 0. The summed E-state index contributed by atoms with van der Waals surface area (Å²) < 4.78 is 5.30. The Morgan fingerprint density at radius 1 is 1.12 bits per heavy atom. The van der Waals surface area contributed by atoms with Crippen molar-refractivity contribution in [3.63, 3.8) is 0 Å². The Hall–Kier alpha value is -1.06. The first kappa shape index (κ1) is 12.4. The summed E-state index contributed by atoms with van der Waals surface area (Å²) in [5, 5.41) is 0. The van der Waals surface area contributed by atoms with Crippen LogP contribution in [-0.2, 0) is 9.53 Å². The molecule has 0 aromatic rings. The molecule has 2 rings (SSSR count). The van der Waals surface area contributed by atoms with E-state index in [9.17, 15) is 9.59 Å². The van der Waals surface area contributed by atoms with Crippen LogP contribution in [0.2, 0.25) is 0 Å². The molecular weight excluding hydrogens is 218 g/mol. The summed E-state index contributed by atoms with van der Waals surface area (Å²) in [5.41, 5.74) is -0.463. The van der Waals surface area contributed by atoms with Crippen LogP contribution in [0.4, 0.5) is 4.79 Å². The number of amides is 1. The van der Waals surface area contributed by atoms with Gasteiger partial charge in [-0.05, 0) is 40.0 Å². The molecule has 0 aromatic heterocycles. The van der Waals surface area contributed by atoms with Gasteiger partial charge in [-0.1, -0.05) is 0 Å². The van der Waals surface area contributed by atoms with Crippen molar-refractivity contribution < 1.29 is 14.3 Å². The average molecular weight is 239 g/mol. The SMILES string of the molecule is CC(C)(C)OC(=O)N1CC[C@H](C(=O)C2CC2)C1. The number of Topliss-reactive ketones (excluding diaryl/α,β-unsaturated/α-hetero) is 1. The van der Waals surface area contributed by atoms with Gasteiger partial charge in [0.15, 0.2) is 0 Å². The van der Waals surface area contributed by atoms with Crippen LogP contribution in [0.15, 0.2) is 0 Å². The topological polar surface area (TPSA) is 46.6 Å². The van der Waals surface area contributed by atoms with E-state index in [1.807, 2.05) is 20.8 Å². The number of nitrogens with zero attached hydrogens (tertiary/aromatic N) is 1. The molecule has 2 aliphatic rings. The van der Waals surface area contributed by atoms with Crippen LogP contribution in [0.25, 0.3) is 0 Å². The van der Waals surface area contributed by atoms with Gasteiger partial charge < -0.3 is 9.64 Å². The first-order chi connectivity index (χ1) is 7.87. The van der Waals surface area contributed by atoms with E-state index in [0.29, 0.717) is 24.8 Å². The van der Waals surface area contributed by atoms with Crippen LogP contribution in [-0.4, -0.2) is 35.5 Å². The Balaban J connectivity index is 1.84. The van der Waals surface area contributed by atoms with Crippen molar-refractivity contribution in [1.29, 1.82) is 0 Å². The van der Waals surface area contributed by atoms with Gasteiger partial charge in [-0.15, -0.1) is 0 Å². The number of carbonyl (C=O) groups excluding carboxylic acids is 2. The molecule has 0 N–H and O–H groups in total. The molecule has 0 spiro atoms. The van der Waals surface area contributed by atoms with E-state index in [1.165, 1.54) is 0 Å². The summed E-state index contributed by atoms with van der Waals surface area (Å²) in [6.07, 6.45) is 2.60. The van der Waals surface area contributed by atoms with Gasteiger partial charge >= 0.3 is 6.09 Å². The van der Waals surface area contributed by atoms with Gasteiger partial charge in [0.1, 0.15) is 11.4 Å². The highest BCUT2D eigenvalue weighted by molar-refractivity contribution is 5.86. The zero-order chi connectivity index (χ0) is 12.6. The van der Waals surface area contributed by atoms with Crippen molar-refractivity contribution in [2.75, 3.05) is 13.1 Å². The van der Waals surface area contributed by atoms with Crippen molar-refractivity contribution >= 4 is 11.9 Å². The van der Waals surface area contributed by atoms with Crippen LogP contribution >= 0.6 is 0 Å². The van der Waals surface area contributed by atoms with Crippen LogP contribution < -0.4 is 0 Å². The molecule has 0 radical (unpaired) electrons. The van der Waals surface area contributed by atoms with Gasteiger partial charge in [-0.25, -0.2) is 4.79 Å². The Labute approximate surface area is 102 Å². The molecule has 2 fully saturated rings. The summed E-state index contributed by atoms with van der Waals surface area (Å²) in [6.45, 7) is 6.76. The molecule has 1 heterocycles. The fourth-order valence-corrected chi connectivity index (χ4v) is 2.19. The third-order valence-corrected chi connectivity index (χ3v) is 3.22. The Morgan fingerprint density at radius 3 is 2.29 bits per heavy atom. The molecule has 1 amide bonds. The molecule has 0 bridgehead atoms. The Bertz CT molecular complexity index is 328. The van der Waals surface area contributed by atoms with E-state index in [1.54, 1.807) is 4.90 Å². The third-order valence-electron chi connectivity index (χ3n) is 3.22. The molecule has 1 saturated heterocycles. The lowest BCUT2D eigenvalue weighted by Crippen LogP contribution is -2.36. The highest BCUT2D eigenvalue weighted by atomic mass is 16.6. The second-order valence-electron chi connectivity index (χ2n) is 6.09. The standard InChI is InChI=1S/C13H21NO3/c1-13(2,3)17-12(16)14-7-6-10(8-14)11(15)9-4-5-9/h9-10H,4-8H2,1-3H3/t10-/m0/s1. The number of carbonyl (C=O) groups is 2. The molecule has 4 nitrogen and oxygen atoms in total. The quantitative estimate of drug-likeness (QED) is 0.742. The first-order valence-corrected chi connectivity index (χ1v) is 6.38. The third kappa shape index (κ3) is 3.20. The predicted molar refractivity (Wildman–Crippen MR) is 63.6 cm³/mol. The van der Waals surface area contributed by atoms with Gasteiger partial charge in [0.05, 0.1) is 0 Å². The van der Waals surface area contributed by atoms with Gasteiger partial charge in [0.25, 0.3) is 0 Å². The highest BCUT2D eigenvalue weighted by Crippen LogP contribution is 2.35. The van der Waals surface area contributed by atoms with E-state index in [-0.39, 0.29) is 12.0 Å². The van der Waals surface area contributed by atoms with Crippen LogP contribution in [0.3, 0.4) is 0 Å². The first-order valence-electron chi connectivity index (χ1n) is 6.38. The molecule has 1 saturated carbocycles. The molecule has 1 aliphatic carbocycles. The molecule has 0 aromatic carbocycles. The maximum absolute atomic E-state index is 11.9. The monoisotopic (exact) mass is 239 g/mol. The lowest BCUT2D eigenvalue weighted by Gasteiger charge is -2.24. The highest BCUT2D eigenvalue weighted by Gasteiger charge is 2.39. The van der Waals surface area contributed by atoms with Gasteiger partial charge in [0.2, 0.25) is 0 Å². The molecular formula is C13H21NO3. The van der Waals surface area contributed by atoms with Crippen molar-refractivity contribution in [2.24, 2.45) is 11.8 Å². The summed E-state index contributed by atoms with van der Waals surface area (Å²) in [5.74, 6) is 0.699. The van der Waals surface area contributed by atoms with Crippen molar-refractivity contribution in [3.05, 3.63) is 0 Å². The second-order valence-corrected chi connectivity index (χ2v) is 6.09. The normalized spacial score (nSPS) is 24.9. The maximum atomic E-state index is 11.9. The lowest BCUT2D eigenvalue weighted by molar-refractivity contribution is -0.123. The molecule has 1 atom stereocenters. The Kier molecular flexibility index (Phi) is 3.15. The van der Waals surface area contributed by atoms with Crippen molar-refractivity contribution in [2.45, 2.75) is 45.6 Å². The van der Waals surface area contributed by atoms with Gasteiger partial charge in [0, 0.05) is 24.9 Å². The van der Waals surface area contributed by atoms with Gasteiger partial charge in [-0.3, -0.25) is 4.79 Å². The van der Waals surface area contributed by atoms with Crippen molar-refractivity contribution in [1.82, 2.24) is 4.90 Å².